The smallest absolute Gasteiger partial charge is 0.144 e. The molecule has 0 spiro atoms. The van der Waals surface area contributed by atoms with E-state index in [0.29, 0.717) is 5.92 Å². The van der Waals surface area contributed by atoms with E-state index in [9.17, 15) is 0 Å². The van der Waals surface area contributed by atoms with Gasteiger partial charge in [0.05, 0.1) is 12.8 Å². The first kappa shape index (κ1) is 14.1. The molecule has 5 nitrogen and oxygen atoms in total. The first-order valence-corrected chi connectivity index (χ1v) is 7.33. The van der Waals surface area contributed by atoms with Gasteiger partial charge in [-0.1, -0.05) is 19.1 Å². The van der Waals surface area contributed by atoms with Gasteiger partial charge in [0, 0.05) is 31.9 Å². The van der Waals surface area contributed by atoms with Crippen molar-refractivity contribution >= 4 is 0 Å². The molecule has 0 radical (unpaired) electrons. The van der Waals surface area contributed by atoms with Gasteiger partial charge in [0.15, 0.2) is 0 Å². The first-order valence-electron chi connectivity index (χ1n) is 7.33. The normalized spacial score (nSPS) is 22.6. The van der Waals surface area contributed by atoms with Crippen molar-refractivity contribution in [2.45, 2.75) is 19.5 Å². The van der Waals surface area contributed by atoms with Gasteiger partial charge in [0.25, 0.3) is 0 Å². The highest BCUT2D eigenvalue weighted by atomic mass is 16.5. The summed E-state index contributed by atoms with van der Waals surface area (Å²) in [6, 6.07) is 10.3. The monoisotopic (exact) mass is 286 g/mol. The number of benzene rings is 1. The van der Waals surface area contributed by atoms with Crippen LogP contribution in [0, 0.1) is 5.92 Å². The Balaban J connectivity index is 1.84. The zero-order valence-electron chi connectivity index (χ0n) is 12.6. The van der Waals surface area contributed by atoms with Crippen molar-refractivity contribution in [3.63, 3.8) is 0 Å². The Labute approximate surface area is 125 Å². The molecular weight excluding hydrogens is 264 g/mol. The van der Waals surface area contributed by atoms with E-state index in [1.165, 1.54) is 0 Å². The fourth-order valence-electron chi connectivity index (χ4n) is 2.93. The van der Waals surface area contributed by atoms with E-state index in [0.717, 1.165) is 36.8 Å². The Bertz CT molecular complexity index is 600. The number of hydrogen-bond acceptors (Lipinski definition) is 4. The lowest BCUT2D eigenvalue weighted by atomic mass is 10.1. The molecule has 1 aliphatic heterocycles. The first-order chi connectivity index (χ1) is 10.2. The molecule has 1 aromatic carbocycles. The Morgan fingerprint density at radius 3 is 2.81 bits per heavy atom. The van der Waals surface area contributed by atoms with Gasteiger partial charge in [-0.3, -0.25) is 4.90 Å². The summed E-state index contributed by atoms with van der Waals surface area (Å²) in [5.41, 5.74) is 8.23. The van der Waals surface area contributed by atoms with Crippen LogP contribution in [-0.4, -0.2) is 40.9 Å². The van der Waals surface area contributed by atoms with E-state index in [2.05, 4.69) is 23.0 Å². The molecule has 112 valence electrons. The summed E-state index contributed by atoms with van der Waals surface area (Å²) in [6.07, 6.45) is 1.83. The van der Waals surface area contributed by atoms with Crippen molar-refractivity contribution < 1.29 is 4.74 Å². The molecule has 2 aromatic rings. The molecule has 21 heavy (non-hydrogen) atoms. The Kier molecular flexibility index (Phi) is 3.94. The number of hydrogen-bond donors (Lipinski definition) is 1. The van der Waals surface area contributed by atoms with Gasteiger partial charge in [-0.2, -0.15) is 5.10 Å². The van der Waals surface area contributed by atoms with Crippen LogP contribution in [0.1, 0.15) is 12.6 Å². The highest BCUT2D eigenvalue weighted by Gasteiger charge is 2.27. The Morgan fingerprint density at radius 2 is 2.10 bits per heavy atom. The van der Waals surface area contributed by atoms with Crippen LogP contribution in [0.2, 0.25) is 0 Å². The minimum Gasteiger partial charge on any atom is -0.494 e. The van der Waals surface area contributed by atoms with Crippen LogP contribution in [0.3, 0.4) is 0 Å². The van der Waals surface area contributed by atoms with Gasteiger partial charge in [0.1, 0.15) is 11.4 Å². The number of para-hydroxylation sites is 2. The number of ether oxygens (including phenoxy) is 1. The lowest BCUT2D eigenvalue weighted by molar-refractivity contribution is 0.311. The minimum absolute atomic E-state index is 0.271. The molecule has 1 fully saturated rings. The van der Waals surface area contributed by atoms with Crippen LogP contribution >= 0.6 is 0 Å². The van der Waals surface area contributed by atoms with E-state index in [4.69, 9.17) is 10.5 Å². The van der Waals surface area contributed by atoms with Crippen molar-refractivity contribution in [3.05, 3.63) is 42.2 Å². The van der Waals surface area contributed by atoms with Crippen LogP contribution < -0.4 is 10.5 Å². The fraction of sp³-hybridized carbons (Fsp3) is 0.438. The maximum Gasteiger partial charge on any atom is 0.144 e. The van der Waals surface area contributed by atoms with E-state index >= 15 is 0 Å². The standard InChI is InChI=1S/C16H22N4O/c1-12-9-19(11-14(12)17)10-13-7-8-18-20(13)15-5-3-4-6-16(15)21-2/h3-8,12,14H,9-11,17H2,1-2H3. The Morgan fingerprint density at radius 1 is 1.29 bits per heavy atom. The lowest BCUT2D eigenvalue weighted by Crippen LogP contribution is -2.28. The van der Waals surface area contributed by atoms with E-state index < -0.39 is 0 Å². The molecule has 2 heterocycles. The predicted octanol–water partition coefficient (Wildman–Crippen LogP) is 1.66. The summed E-state index contributed by atoms with van der Waals surface area (Å²) in [5.74, 6) is 1.38. The molecule has 1 saturated heterocycles. The van der Waals surface area contributed by atoms with Gasteiger partial charge in [-0.25, -0.2) is 4.68 Å². The zero-order chi connectivity index (χ0) is 14.8. The summed E-state index contributed by atoms with van der Waals surface area (Å²) in [6.45, 7) is 5.05. The SMILES string of the molecule is COc1ccccc1-n1nccc1CN1CC(C)C(N)C1. The van der Waals surface area contributed by atoms with Crippen molar-refractivity contribution in [3.8, 4) is 11.4 Å². The number of aromatic nitrogens is 2. The van der Waals surface area contributed by atoms with Crippen molar-refractivity contribution in [2.24, 2.45) is 11.7 Å². The summed E-state index contributed by atoms with van der Waals surface area (Å²) in [7, 11) is 1.68. The van der Waals surface area contributed by atoms with Crippen LogP contribution in [0.4, 0.5) is 0 Å². The van der Waals surface area contributed by atoms with E-state index in [1.54, 1.807) is 7.11 Å². The lowest BCUT2D eigenvalue weighted by Gasteiger charge is -2.17. The second kappa shape index (κ2) is 5.87. The summed E-state index contributed by atoms with van der Waals surface area (Å²) >= 11 is 0. The molecule has 0 aliphatic carbocycles. The van der Waals surface area contributed by atoms with Gasteiger partial charge < -0.3 is 10.5 Å². The summed E-state index contributed by atoms with van der Waals surface area (Å²) in [4.78, 5) is 2.39. The molecule has 0 bridgehead atoms. The average molecular weight is 286 g/mol. The molecule has 2 atom stereocenters. The Hall–Kier alpha value is -1.85. The number of nitrogens with two attached hydrogens (primary N) is 1. The second-order valence-electron chi connectivity index (χ2n) is 5.74. The largest absolute Gasteiger partial charge is 0.494 e. The molecule has 0 amide bonds. The van der Waals surface area contributed by atoms with E-state index in [1.807, 2.05) is 35.1 Å². The van der Waals surface area contributed by atoms with Crippen LogP contribution in [0.5, 0.6) is 5.75 Å². The van der Waals surface area contributed by atoms with E-state index in [-0.39, 0.29) is 6.04 Å². The van der Waals surface area contributed by atoms with Gasteiger partial charge >= 0.3 is 0 Å². The predicted molar refractivity (Wildman–Crippen MR) is 82.5 cm³/mol. The van der Waals surface area contributed by atoms with Crippen LogP contribution in [0.15, 0.2) is 36.5 Å². The molecular formula is C16H22N4O. The fourth-order valence-corrected chi connectivity index (χ4v) is 2.93. The number of rotatable bonds is 4. The van der Waals surface area contributed by atoms with Gasteiger partial charge in [0.2, 0.25) is 0 Å². The third-order valence-corrected chi connectivity index (χ3v) is 4.17. The zero-order valence-corrected chi connectivity index (χ0v) is 12.6. The molecule has 2 unspecified atom stereocenters. The maximum atomic E-state index is 6.11. The average Bonchev–Trinajstić information content (AvgIpc) is 3.06. The van der Waals surface area contributed by atoms with Crippen molar-refractivity contribution in [1.82, 2.24) is 14.7 Å². The summed E-state index contributed by atoms with van der Waals surface area (Å²) in [5, 5.41) is 4.45. The molecule has 1 aliphatic rings. The second-order valence-corrected chi connectivity index (χ2v) is 5.74. The molecule has 1 aromatic heterocycles. The third-order valence-electron chi connectivity index (χ3n) is 4.17. The number of nitrogens with zero attached hydrogens (tertiary/aromatic N) is 3. The molecule has 2 N–H and O–H groups in total. The summed E-state index contributed by atoms with van der Waals surface area (Å²) < 4.78 is 7.39. The topological polar surface area (TPSA) is 56.3 Å². The highest BCUT2D eigenvalue weighted by molar-refractivity contribution is 5.46. The molecule has 0 saturated carbocycles. The highest BCUT2D eigenvalue weighted by Crippen LogP contribution is 2.24. The minimum atomic E-state index is 0.271. The van der Waals surface area contributed by atoms with Crippen molar-refractivity contribution in [2.75, 3.05) is 20.2 Å². The number of methoxy groups -OCH3 is 1. The third kappa shape index (κ3) is 2.80. The number of likely N-dealkylation sites (tertiary alicyclic amines) is 1. The van der Waals surface area contributed by atoms with Crippen molar-refractivity contribution in [1.29, 1.82) is 0 Å². The van der Waals surface area contributed by atoms with Gasteiger partial charge in [-0.05, 0) is 24.1 Å². The maximum absolute atomic E-state index is 6.11. The van der Waals surface area contributed by atoms with Crippen LogP contribution in [0.25, 0.3) is 5.69 Å². The molecule has 3 rings (SSSR count). The quantitative estimate of drug-likeness (QED) is 0.928. The van der Waals surface area contributed by atoms with Crippen LogP contribution in [-0.2, 0) is 6.54 Å². The molecule has 5 heteroatoms. The van der Waals surface area contributed by atoms with Gasteiger partial charge in [-0.15, -0.1) is 0 Å².